The van der Waals surface area contributed by atoms with Gasteiger partial charge in [0.25, 0.3) is 0 Å². The Bertz CT molecular complexity index is 630. The molecule has 6 heteroatoms. The molecular weight excluding hydrogens is 296 g/mol. The predicted molar refractivity (Wildman–Crippen MR) is 89.2 cm³/mol. The van der Waals surface area contributed by atoms with Gasteiger partial charge in [-0.1, -0.05) is 44.6 Å². The third kappa shape index (κ3) is 3.72. The molecule has 2 aromatic rings. The van der Waals surface area contributed by atoms with Crippen molar-refractivity contribution in [2.75, 3.05) is 0 Å². The lowest BCUT2D eigenvalue weighted by Crippen LogP contribution is -2.08. The average molecular weight is 322 g/mol. The standard InChI is InChI=1S/C16H26N4OS/c1-9(2)8-20-12(6)11(5)17-16(20)22-13(7)15-18-14(10(3)4)19-21-15/h9-10,13H,8H2,1-7H3. The Labute approximate surface area is 136 Å². The molecule has 122 valence electrons. The Hall–Kier alpha value is -1.30. The molecule has 0 fully saturated rings. The summed E-state index contributed by atoms with van der Waals surface area (Å²) in [7, 11) is 0. The quantitative estimate of drug-likeness (QED) is 0.732. The van der Waals surface area contributed by atoms with E-state index in [9.17, 15) is 0 Å². The average Bonchev–Trinajstić information content (AvgIpc) is 3.00. The molecule has 2 heterocycles. The number of nitrogens with zero attached hydrogens (tertiary/aromatic N) is 4. The van der Waals surface area contributed by atoms with E-state index >= 15 is 0 Å². The lowest BCUT2D eigenvalue weighted by Gasteiger charge is -2.13. The van der Waals surface area contributed by atoms with E-state index in [1.165, 1.54) is 5.69 Å². The fraction of sp³-hybridized carbons (Fsp3) is 0.688. The molecule has 22 heavy (non-hydrogen) atoms. The van der Waals surface area contributed by atoms with E-state index < -0.39 is 0 Å². The molecule has 0 saturated heterocycles. The van der Waals surface area contributed by atoms with Gasteiger partial charge in [0.2, 0.25) is 5.89 Å². The van der Waals surface area contributed by atoms with Crippen LogP contribution in [0.4, 0.5) is 0 Å². The molecule has 0 bridgehead atoms. The van der Waals surface area contributed by atoms with E-state index in [0.29, 0.717) is 11.8 Å². The summed E-state index contributed by atoms with van der Waals surface area (Å²) in [5.41, 5.74) is 2.32. The highest BCUT2D eigenvalue weighted by molar-refractivity contribution is 7.99. The first-order valence-electron chi connectivity index (χ1n) is 7.83. The van der Waals surface area contributed by atoms with Gasteiger partial charge >= 0.3 is 0 Å². The highest BCUT2D eigenvalue weighted by Crippen LogP contribution is 2.35. The first-order chi connectivity index (χ1) is 10.3. The van der Waals surface area contributed by atoms with Crippen LogP contribution in [0.5, 0.6) is 0 Å². The van der Waals surface area contributed by atoms with Gasteiger partial charge in [0.1, 0.15) is 0 Å². The van der Waals surface area contributed by atoms with Crippen molar-refractivity contribution < 1.29 is 4.52 Å². The molecule has 0 amide bonds. The molecule has 0 aromatic carbocycles. The molecule has 0 aliphatic heterocycles. The van der Waals surface area contributed by atoms with Crippen LogP contribution in [0.3, 0.4) is 0 Å². The fourth-order valence-corrected chi connectivity index (χ4v) is 3.19. The van der Waals surface area contributed by atoms with Gasteiger partial charge in [-0.25, -0.2) is 4.98 Å². The van der Waals surface area contributed by atoms with Crippen molar-refractivity contribution in [2.45, 2.75) is 71.3 Å². The number of imidazole rings is 1. The Kier molecular flexibility index (Phi) is 5.32. The van der Waals surface area contributed by atoms with Gasteiger partial charge in [0.15, 0.2) is 11.0 Å². The van der Waals surface area contributed by atoms with E-state index in [1.54, 1.807) is 11.8 Å². The van der Waals surface area contributed by atoms with E-state index in [1.807, 2.05) is 0 Å². The maximum atomic E-state index is 5.40. The minimum atomic E-state index is 0.0899. The Morgan fingerprint density at radius 1 is 1.09 bits per heavy atom. The Balaban J connectivity index is 2.20. The van der Waals surface area contributed by atoms with Crippen LogP contribution in [-0.4, -0.2) is 19.7 Å². The van der Waals surface area contributed by atoms with Crippen molar-refractivity contribution in [1.82, 2.24) is 19.7 Å². The zero-order valence-electron chi connectivity index (χ0n) is 14.5. The van der Waals surface area contributed by atoms with Gasteiger partial charge in [0.05, 0.1) is 10.9 Å². The lowest BCUT2D eigenvalue weighted by molar-refractivity contribution is 0.372. The molecule has 2 rings (SSSR count). The first kappa shape index (κ1) is 17.1. The molecular formula is C16H26N4OS. The van der Waals surface area contributed by atoms with E-state index in [2.05, 4.69) is 63.2 Å². The molecule has 0 saturated carbocycles. The van der Waals surface area contributed by atoms with Crippen LogP contribution < -0.4 is 0 Å². The predicted octanol–water partition coefficient (Wildman–Crippen LogP) is 4.52. The third-order valence-corrected chi connectivity index (χ3v) is 4.65. The van der Waals surface area contributed by atoms with Crippen LogP contribution in [0.15, 0.2) is 9.68 Å². The van der Waals surface area contributed by atoms with Crippen LogP contribution in [0, 0.1) is 19.8 Å². The second-order valence-corrected chi connectivity index (χ2v) is 7.78. The van der Waals surface area contributed by atoms with Gasteiger partial charge in [-0.15, -0.1) is 0 Å². The number of aromatic nitrogens is 4. The summed E-state index contributed by atoms with van der Waals surface area (Å²) in [6.45, 7) is 15.8. The second-order valence-electron chi connectivity index (χ2n) is 6.48. The Morgan fingerprint density at radius 2 is 1.77 bits per heavy atom. The highest BCUT2D eigenvalue weighted by Gasteiger charge is 2.21. The highest BCUT2D eigenvalue weighted by atomic mass is 32.2. The first-order valence-corrected chi connectivity index (χ1v) is 8.71. The third-order valence-electron chi connectivity index (χ3n) is 3.57. The minimum Gasteiger partial charge on any atom is -0.338 e. The van der Waals surface area contributed by atoms with Gasteiger partial charge in [-0.3, -0.25) is 0 Å². The van der Waals surface area contributed by atoms with Crippen molar-refractivity contribution in [3.8, 4) is 0 Å². The largest absolute Gasteiger partial charge is 0.338 e. The van der Waals surface area contributed by atoms with Crippen molar-refractivity contribution in [2.24, 2.45) is 5.92 Å². The lowest BCUT2D eigenvalue weighted by atomic mass is 10.2. The van der Waals surface area contributed by atoms with Crippen molar-refractivity contribution in [3.05, 3.63) is 23.1 Å². The summed E-state index contributed by atoms with van der Waals surface area (Å²) >= 11 is 1.68. The zero-order chi connectivity index (χ0) is 16.4. The number of aryl methyl sites for hydroxylation is 1. The summed E-state index contributed by atoms with van der Waals surface area (Å²) in [5.74, 6) is 2.29. The van der Waals surface area contributed by atoms with Crippen molar-refractivity contribution in [1.29, 1.82) is 0 Å². The maximum absolute atomic E-state index is 5.40. The van der Waals surface area contributed by atoms with Crippen molar-refractivity contribution >= 4 is 11.8 Å². The van der Waals surface area contributed by atoms with Crippen LogP contribution >= 0.6 is 11.8 Å². The van der Waals surface area contributed by atoms with Crippen LogP contribution in [0.1, 0.15) is 68.9 Å². The van der Waals surface area contributed by atoms with E-state index in [0.717, 1.165) is 23.2 Å². The minimum absolute atomic E-state index is 0.0899. The molecule has 0 N–H and O–H groups in total. The summed E-state index contributed by atoms with van der Waals surface area (Å²) in [6, 6.07) is 0. The van der Waals surface area contributed by atoms with Crippen LogP contribution in [0.25, 0.3) is 0 Å². The molecule has 1 unspecified atom stereocenters. The molecule has 1 atom stereocenters. The Morgan fingerprint density at radius 3 is 2.32 bits per heavy atom. The van der Waals surface area contributed by atoms with Gasteiger partial charge in [-0.05, 0) is 26.7 Å². The number of hydrogen-bond donors (Lipinski definition) is 0. The van der Waals surface area contributed by atoms with E-state index in [-0.39, 0.29) is 11.2 Å². The molecule has 5 nitrogen and oxygen atoms in total. The summed E-state index contributed by atoms with van der Waals surface area (Å²) in [4.78, 5) is 9.20. The molecule has 2 aromatic heterocycles. The fourth-order valence-electron chi connectivity index (χ4n) is 2.15. The molecule has 0 aliphatic rings. The smallest absolute Gasteiger partial charge is 0.239 e. The summed E-state index contributed by atoms with van der Waals surface area (Å²) in [6.07, 6.45) is 0. The van der Waals surface area contributed by atoms with Gasteiger partial charge < -0.3 is 9.09 Å². The van der Waals surface area contributed by atoms with E-state index in [4.69, 9.17) is 9.51 Å². The normalized spacial score (nSPS) is 13.3. The van der Waals surface area contributed by atoms with Gasteiger partial charge in [0, 0.05) is 18.2 Å². The number of hydrogen-bond acceptors (Lipinski definition) is 5. The van der Waals surface area contributed by atoms with Gasteiger partial charge in [-0.2, -0.15) is 4.98 Å². The number of thioether (sulfide) groups is 1. The second kappa shape index (κ2) is 6.86. The summed E-state index contributed by atoms with van der Waals surface area (Å²) < 4.78 is 7.69. The van der Waals surface area contributed by atoms with Crippen LogP contribution in [0.2, 0.25) is 0 Å². The summed E-state index contributed by atoms with van der Waals surface area (Å²) in [5, 5.41) is 5.16. The van der Waals surface area contributed by atoms with Crippen molar-refractivity contribution in [3.63, 3.8) is 0 Å². The monoisotopic (exact) mass is 322 g/mol. The SMILES string of the molecule is Cc1nc(SC(C)c2nc(C(C)C)no2)n(CC(C)C)c1C. The zero-order valence-corrected chi connectivity index (χ0v) is 15.4. The molecule has 0 spiro atoms. The number of rotatable bonds is 6. The topological polar surface area (TPSA) is 56.7 Å². The van der Waals surface area contributed by atoms with Crippen LogP contribution in [-0.2, 0) is 6.54 Å². The maximum Gasteiger partial charge on any atom is 0.239 e. The molecule has 0 radical (unpaired) electrons. The molecule has 0 aliphatic carbocycles.